The van der Waals surface area contributed by atoms with E-state index in [9.17, 15) is 14.9 Å². The van der Waals surface area contributed by atoms with Crippen LogP contribution in [0.4, 0.5) is 5.69 Å². The fourth-order valence-corrected chi connectivity index (χ4v) is 5.20. The SMILES string of the molecule is CCOc1ccc(N2C(=O)C(Cc3ccc(C)c(C)c3)S/C2=C(/C#N)C(=O)NCc2ccco2)cc1. The Balaban J connectivity index is 1.68. The van der Waals surface area contributed by atoms with E-state index in [1.165, 1.54) is 28.5 Å². The van der Waals surface area contributed by atoms with Crippen molar-refractivity contribution in [1.29, 1.82) is 5.26 Å². The normalized spacial score (nSPS) is 16.6. The van der Waals surface area contributed by atoms with Crippen LogP contribution in [0, 0.1) is 25.2 Å². The molecule has 1 aliphatic heterocycles. The fourth-order valence-electron chi connectivity index (χ4n) is 3.89. The number of amides is 2. The molecule has 0 aliphatic carbocycles. The number of ether oxygens (including phenoxy) is 1. The summed E-state index contributed by atoms with van der Waals surface area (Å²) in [6.07, 6.45) is 2.00. The van der Waals surface area contributed by atoms with E-state index in [0.717, 1.165) is 11.1 Å². The topological polar surface area (TPSA) is 95.6 Å². The third kappa shape index (κ3) is 5.47. The predicted molar refractivity (Wildman–Crippen MR) is 139 cm³/mol. The Kier molecular flexibility index (Phi) is 7.81. The molecule has 0 bridgehead atoms. The number of benzene rings is 2. The van der Waals surface area contributed by atoms with Crippen LogP contribution < -0.4 is 15.0 Å². The third-order valence-electron chi connectivity index (χ3n) is 5.91. The summed E-state index contributed by atoms with van der Waals surface area (Å²) >= 11 is 1.24. The minimum Gasteiger partial charge on any atom is -0.494 e. The van der Waals surface area contributed by atoms with Crippen LogP contribution in [0.5, 0.6) is 5.75 Å². The number of nitrogens with zero attached hydrogens (tertiary/aromatic N) is 2. The molecule has 1 fully saturated rings. The summed E-state index contributed by atoms with van der Waals surface area (Å²) in [7, 11) is 0. The zero-order chi connectivity index (χ0) is 25.7. The van der Waals surface area contributed by atoms with Gasteiger partial charge in [0.2, 0.25) is 5.91 Å². The van der Waals surface area contributed by atoms with E-state index in [0.29, 0.717) is 35.3 Å². The van der Waals surface area contributed by atoms with Crippen LogP contribution in [0.25, 0.3) is 0 Å². The molecule has 8 heteroatoms. The van der Waals surface area contributed by atoms with Crippen LogP contribution in [-0.4, -0.2) is 23.7 Å². The highest BCUT2D eigenvalue weighted by Crippen LogP contribution is 2.42. The van der Waals surface area contributed by atoms with Crippen molar-refractivity contribution in [2.45, 2.75) is 39.0 Å². The van der Waals surface area contributed by atoms with Gasteiger partial charge in [-0.3, -0.25) is 14.5 Å². The first kappa shape index (κ1) is 25.1. The third-order valence-corrected chi connectivity index (χ3v) is 7.17. The molecule has 0 spiro atoms. The second kappa shape index (κ2) is 11.2. The van der Waals surface area contributed by atoms with Crippen molar-refractivity contribution >= 4 is 29.3 Å². The quantitative estimate of drug-likeness (QED) is 0.343. The lowest BCUT2D eigenvalue weighted by atomic mass is 10.0. The molecule has 0 saturated carbocycles. The Morgan fingerprint density at radius 3 is 2.58 bits per heavy atom. The second-order valence-electron chi connectivity index (χ2n) is 8.38. The summed E-state index contributed by atoms with van der Waals surface area (Å²) in [6.45, 7) is 6.64. The zero-order valence-electron chi connectivity index (χ0n) is 20.4. The Labute approximate surface area is 214 Å². The fraction of sp³-hybridized carbons (Fsp3) is 0.250. The van der Waals surface area contributed by atoms with Crippen LogP contribution in [-0.2, 0) is 22.6 Å². The van der Waals surface area contributed by atoms with Gasteiger partial charge in [-0.2, -0.15) is 5.26 Å². The molecule has 1 saturated heterocycles. The molecule has 1 aliphatic rings. The highest BCUT2D eigenvalue weighted by Gasteiger charge is 2.40. The van der Waals surface area contributed by atoms with Crippen LogP contribution in [0.3, 0.4) is 0 Å². The van der Waals surface area contributed by atoms with Gasteiger partial charge in [-0.25, -0.2) is 0 Å². The molecule has 3 aromatic rings. The lowest BCUT2D eigenvalue weighted by Crippen LogP contribution is -2.32. The highest BCUT2D eigenvalue weighted by molar-refractivity contribution is 8.05. The van der Waals surface area contributed by atoms with Crippen molar-refractivity contribution in [3.63, 3.8) is 0 Å². The monoisotopic (exact) mass is 501 g/mol. The van der Waals surface area contributed by atoms with E-state index in [-0.39, 0.29) is 18.0 Å². The first-order valence-electron chi connectivity index (χ1n) is 11.7. The minimum atomic E-state index is -0.563. The molecule has 1 N–H and O–H groups in total. The number of carbonyl (C=O) groups is 2. The molecular weight excluding hydrogens is 474 g/mol. The first-order valence-corrected chi connectivity index (χ1v) is 12.5. The number of nitrogens with one attached hydrogen (secondary N) is 1. The Morgan fingerprint density at radius 2 is 1.94 bits per heavy atom. The Hall–Kier alpha value is -3.96. The molecule has 2 aromatic carbocycles. The maximum absolute atomic E-state index is 13.7. The van der Waals surface area contributed by atoms with Crippen molar-refractivity contribution in [3.05, 3.63) is 93.9 Å². The lowest BCUT2D eigenvalue weighted by Gasteiger charge is -2.19. The van der Waals surface area contributed by atoms with Crippen molar-refractivity contribution in [2.24, 2.45) is 0 Å². The predicted octanol–water partition coefficient (Wildman–Crippen LogP) is 5.04. The molecule has 4 rings (SSSR count). The standard InChI is InChI=1S/C28H27N3O4S/c1-4-34-22-11-9-21(10-12-22)31-27(33)25(15-20-8-7-18(2)19(3)14-20)36-28(31)24(16-29)26(32)30-17-23-6-5-13-35-23/h5-14,25H,4,15,17H2,1-3H3,(H,30,32)/b28-24-. The van der Waals surface area contributed by atoms with Crippen molar-refractivity contribution in [3.8, 4) is 11.8 Å². The Bertz CT molecular complexity index is 1320. The molecule has 184 valence electrons. The summed E-state index contributed by atoms with van der Waals surface area (Å²) in [5.41, 5.74) is 3.81. The lowest BCUT2D eigenvalue weighted by molar-refractivity contribution is -0.117. The average Bonchev–Trinajstić information content (AvgIpc) is 3.50. The smallest absolute Gasteiger partial charge is 0.265 e. The largest absolute Gasteiger partial charge is 0.494 e. The Morgan fingerprint density at radius 1 is 1.17 bits per heavy atom. The number of anilines is 1. The minimum absolute atomic E-state index is 0.114. The number of hydrogen-bond donors (Lipinski definition) is 1. The van der Waals surface area contributed by atoms with E-state index in [4.69, 9.17) is 9.15 Å². The molecule has 1 atom stereocenters. The van der Waals surface area contributed by atoms with Gasteiger partial charge in [0.1, 0.15) is 28.2 Å². The number of furan rings is 1. The molecule has 7 nitrogen and oxygen atoms in total. The number of aryl methyl sites for hydroxylation is 2. The van der Waals surface area contributed by atoms with Crippen molar-refractivity contribution in [2.75, 3.05) is 11.5 Å². The van der Waals surface area contributed by atoms with E-state index < -0.39 is 11.2 Å². The maximum atomic E-state index is 13.7. The summed E-state index contributed by atoms with van der Waals surface area (Å²) in [6, 6.07) is 18.7. The van der Waals surface area contributed by atoms with E-state index in [1.807, 2.05) is 39.0 Å². The summed E-state index contributed by atoms with van der Waals surface area (Å²) in [4.78, 5) is 28.1. The summed E-state index contributed by atoms with van der Waals surface area (Å²) < 4.78 is 10.8. The van der Waals surface area contributed by atoms with Crippen LogP contribution in [0.15, 0.2) is 75.9 Å². The number of hydrogen-bond acceptors (Lipinski definition) is 6. The molecule has 2 heterocycles. The summed E-state index contributed by atoms with van der Waals surface area (Å²) in [5, 5.41) is 12.5. The van der Waals surface area contributed by atoms with Crippen molar-refractivity contribution < 1.29 is 18.7 Å². The van der Waals surface area contributed by atoms with Crippen LogP contribution in [0.1, 0.15) is 29.4 Å². The van der Waals surface area contributed by atoms with Gasteiger partial charge in [-0.1, -0.05) is 30.0 Å². The molecular formula is C28H27N3O4S. The molecule has 1 unspecified atom stereocenters. The van der Waals surface area contributed by atoms with Crippen LogP contribution >= 0.6 is 11.8 Å². The number of nitriles is 1. The van der Waals surface area contributed by atoms with Crippen LogP contribution in [0.2, 0.25) is 0 Å². The number of rotatable bonds is 8. The zero-order valence-corrected chi connectivity index (χ0v) is 21.2. The van der Waals surface area contributed by atoms with Gasteiger partial charge in [-0.15, -0.1) is 0 Å². The van der Waals surface area contributed by atoms with Gasteiger partial charge < -0.3 is 14.5 Å². The van der Waals surface area contributed by atoms with E-state index in [1.54, 1.807) is 36.4 Å². The first-order chi connectivity index (χ1) is 17.4. The van der Waals surface area contributed by atoms with Gasteiger partial charge in [0.15, 0.2) is 0 Å². The average molecular weight is 502 g/mol. The number of carbonyl (C=O) groups excluding carboxylic acids is 2. The van der Waals surface area contributed by atoms with E-state index >= 15 is 0 Å². The second-order valence-corrected chi connectivity index (χ2v) is 9.58. The van der Waals surface area contributed by atoms with Gasteiger partial charge in [-0.05, 0) is 80.3 Å². The number of thioether (sulfide) groups is 1. The molecule has 36 heavy (non-hydrogen) atoms. The van der Waals surface area contributed by atoms with E-state index in [2.05, 4.69) is 11.4 Å². The molecule has 0 radical (unpaired) electrons. The molecule has 1 aromatic heterocycles. The van der Waals surface area contributed by atoms with Gasteiger partial charge in [0.05, 0.1) is 24.7 Å². The van der Waals surface area contributed by atoms with Gasteiger partial charge >= 0.3 is 0 Å². The molecule has 2 amide bonds. The summed E-state index contributed by atoms with van der Waals surface area (Å²) in [5.74, 6) is 0.502. The highest BCUT2D eigenvalue weighted by atomic mass is 32.2. The van der Waals surface area contributed by atoms with Crippen molar-refractivity contribution in [1.82, 2.24) is 5.32 Å². The maximum Gasteiger partial charge on any atom is 0.265 e. The van der Waals surface area contributed by atoms with Gasteiger partial charge in [0.25, 0.3) is 5.91 Å². The van der Waals surface area contributed by atoms with Gasteiger partial charge in [0, 0.05) is 5.69 Å².